The van der Waals surface area contributed by atoms with E-state index in [1.807, 2.05) is 38.1 Å². The van der Waals surface area contributed by atoms with Gasteiger partial charge in [-0.2, -0.15) is 0 Å². The van der Waals surface area contributed by atoms with Crippen molar-refractivity contribution >= 4 is 0 Å². The van der Waals surface area contributed by atoms with Gasteiger partial charge in [-0.3, -0.25) is 9.89 Å². The van der Waals surface area contributed by atoms with Crippen molar-refractivity contribution in [1.29, 1.82) is 0 Å². The Morgan fingerprint density at radius 2 is 2.00 bits per heavy atom. The smallest absolute Gasteiger partial charge is 0.274 e. The Kier molecular flexibility index (Phi) is 3.41. The molecule has 0 amide bonds. The van der Waals surface area contributed by atoms with Crippen LogP contribution < -0.4 is 5.56 Å². The van der Waals surface area contributed by atoms with Gasteiger partial charge in [-0.1, -0.05) is 26.0 Å². The Hall–Kier alpha value is -1.77. The number of hydrogen-bond donors (Lipinski definition) is 1. The van der Waals surface area contributed by atoms with Crippen LogP contribution in [0.5, 0.6) is 0 Å². The molecule has 1 heterocycles. The van der Waals surface area contributed by atoms with E-state index in [1.54, 1.807) is 4.68 Å². The highest BCUT2D eigenvalue weighted by molar-refractivity contribution is 5.36. The van der Waals surface area contributed by atoms with E-state index >= 15 is 0 Å². The van der Waals surface area contributed by atoms with Crippen LogP contribution in [-0.2, 0) is 6.42 Å². The van der Waals surface area contributed by atoms with E-state index in [4.69, 9.17) is 0 Å². The number of rotatable bonds is 3. The second kappa shape index (κ2) is 4.84. The molecule has 0 spiro atoms. The van der Waals surface area contributed by atoms with Crippen molar-refractivity contribution in [3.05, 3.63) is 51.4 Å². The maximum atomic E-state index is 12.4. The van der Waals surface area contributed by atoms with Gasteiger partial charge in [-0.25, -0.2) is 4.68 Å². The number of nitrogens with one attached hydrogen (secondary N) is 1. The molecule has 2 aromatic rings. The molecule has 96 valence electrons. The van der Waals surface area contributed by atoms with Crippen molar-refractivity contribution in [3.8, 4) is 5.69 Å². The summed E-state index contributed by atoms with van der Waals surface area (Å²) in [6.07, 6.45) is 0.819. The largest absolute Gasteiger partial charge is 0.295 e. The van der Waals surface area contributed by atoms with Crippen LogP contribution in [0.3, 0.4) is 0 Å². The first-order chi connectivity index (χ1) is 8.49. The van der Waals surface area contributed by atoms with Gasteiger partial charge in [0, 0.05) is 11.3 Å². The summed E-state index contributed by atoms with van der Waals surface area (Å²) in [6, 6.07) is 7.95. The number of hydrogen-bond acceptors (Lipinski definition) is 1. The highest BCUT2D eigenvalue weighted by Gasteiger charge is 2.13. The van der Waals surface area contributed by atoms with E-state index in [0.717, 1.165) is 28.9 Å². The molecule has 1 N–H and O–H groups in total. The fourth-order valence-electron chi connectivity index (χ4n) is 2.18. The summed E-state index contributed by atoms with van der Waals surface area (Å²) < 4.78 is 1.64. The highest BCUT2D eigenvalue weighted by Crippen LogP contribution is 2.12. The van der Waals surface area contributed by atoms with Gasteiger partial charge >= 0.3 is 0 Å². The monoisotopic (exact) mass is 244 g/mol. The lowest BCUT2D eigenvalue weighted by Crippen LogP contribution is -2.18. The number of H-pyrrole nitrogens is 1. The fourth-order valence-corrected chi connectivity index (χ4v) is 2.18. The second-order valence-corrected chi connectivity index (χ2v) is 5.29. The third-order valence-corrected chi connectivity index (χ3v) is 3.07. The lowest BCUT2D eigenvalue weighted by Gasteiger charge is -2.02. The average Bonchev–Trinajstić information content (AvgIpc) is 2.56. The Morgan fingerprint density at radius 1 is 1.28 bits per heavy atom. The Morgan fingerprint density at radius 3 is 2.61 bits per heavy atom. The summed E-state index contributed by atoms with van der Waals surface area (Å²) >= 11 is 0. The van der Waals surface area contributed by atoms with Gasteiger partial charge in [-0.15, -0.1) is 0 Å². The molecule has 0 unspecified atom stereocenters. The summed E-state index contributed by atoms with van der Waals surface area (Å²) in [5.41, 5.74) is 3.99. The number of benzene rings is 1. The van der Waals surface area contributed by atoms with Crippen LogP contribution in [0.2, 0.25) is 0 Å². The van der Waals surface area contributed by atoms with E-state index in [-0.39, 0.29) is 5.56 Å². The Bertz CT molecular complexity index is 605. The molecule has 18 heavy (non-hydrogen) atoms. The third kappa shape index (κ3) is 2.40. The van der Waals surface area contributed by atoms with Crippen LogP contribution in [-0.4, -0.2) is 9.78 Å². The van der Waals surface area contributed by atoms with E-state index in [0.29, 0.717) is 5.92 Å². The summed E-state index contributed by atoms with van der Waals surface area (Å²) in [5.74, 6) is 0.484. The van der Waals surface area contributed by atoms with Gasteiger partial charge in [0.05, 0.1) is 5.69 Å². The third-order valence-electron chi connectivity index (χ3n) is 3.07. The predicted molar refractivity (Wildman–Crippen MR) is 74.4 cm³/mol. The number of aromatic nitrogens is 2. The molecule has 0 saturated heterocycles. The lowest BCUT2D eigenvalue weighted by atomic mass is 10.0. The summed E-state index contributed by atoms with van der Waals surface area (Å²) in [5, 5.41) is 3.17. The quantitative estimate of drug-likeness (QED) is 0.885. The summed E-state index contributed by atoms with van der Waals surface area (Å²) in [4.78, 5) is 12.4. The maximum absolute atomic E-state index is 12.4. The lowest BCUT2D eigenvalue weighted by molar-refractivity contribution is 0.642. The van der Waals surface area contributed by atoms with Gasteiger partial charge in [0.25, 0.3) is 5.56 Å². The molecule has 0 bridgehead atoms. The van der Waals surface area contributed by atoms with Crippen molar-refractivity contribution in [2.24, 2.45) is 5.92 Å². The van der Waals surface area contributed by atoms with Crippen LogP contribution in [0.25, 0.3) is 5.69 Å². The maximum Gasteiger partial charge on any atom is 0.274 e. The van der Waals surface area contributed by atoms with Crippen molar-refractivity contribution in [3.63, 3.8) is 0 Å². The zero-order valence-corrected chi connectivity index (χ0v) is 11.4. The molecule has 0 aliphatic heterocycles. The van der Waals surface area contributed by atoms with E-state index < -0.39 is 0 Å². The van der Waals surface area contributed by atoms with Gasteiger partial charge in [0.1, 0.15) is 0 Å². The number of aryl methyl sites for hydroxylation is 2. The zero-order chi connectivity index (χ0) is 13.3. The standard InChI is InChI=1S/C15H20N2O/c1-10(2)8-14-12(4)16-17(15(14)18)13-7-5-6-11(3)9-13/h5-7,9-10,16H,8H2,1-4H3. The first-order valence-electron chi connectivity index (χ1n) is 6.36. The molecule has 0 saturated carbocycles. The number of aromatic amines is 1. The van der Waals surface area contributed by atoms with Gasteiger partial charge in [0.15, 0.2) is 0 Å². The first-order valence-corrected chi connectivity index (χ1v) is 6.36. The van der Waals surface area contributed by atoms with Gasteiger partial charge in [-0.05, 0) is 43.9 Å². The van der Waals surface area contributed by atoms with E-state index in [9.17, 15) is 4.79 Å². The molecule has 0 radical (unpaired) electrons. The summed E-state index contributed by atoms with van der Waals surface area (Å²) in [6.45, 7) is 8.25. The van der Waals surface area contributed by atoms with Crippen molar-refractivity contribution in [2.45, 2.75) is 34.1 Å². The van der Waals surface area contributed by atoms with Crippen LogP contribution in [0.4, 0.5) is 0 Å². The summed E-state index contributed by atoms with van der Waals surface area (Å²) in [7, 11) is 0. The molecule has 0 aliphatic rings. The molecule has 1 aromatic heterocycles. The minimum Gasteiger partial charge on any atom is -0.295 e. The van der Waals surface area contributed by atoms with Crippen LogP contribution in [0.15, 0.2) is 29.1 Å². The van der Waals surface area contributed by atoms with Gasteiger partial charge < -0.3 is 0 Å². The molecule has 1 aromatic carbocycles. The van der Waals surface area contributed by atoms with Crippen LogP contribution in [0, 0.1) is 19.8 Å². The topological polar surface area (TPSA) is 37.8 Å². The number of nitrogens with zero attached hydrogens (tertiary/aromatic N) is 1. The van der Waals surface area contributed by atoms with Crippen LogP contribution >= 0.6 is 0 Å². The molecular weight excluding hydrogens is 224 g/mol. The van der Waals surface area contributed by atoms with Crippen molar-refractivity contribution in [2.75, 3.05) is 0 Å². The van der Waals surface area contributed by atoms with E-state index in [1.165, 1.54) is 0 Å². The fraction of sp³-hybridized carbons (Fsp3) is 0.400. The molecule has 0 fully saturated rings. The molecule has 2 rings (SSSR count). The van der Waals surface area contributed by atoms with Crippen molar-refractivity contribution in [1.82, 2.24) is 9.78 Å². The molecule has 0 atom stereocenters. The van der Waals surface area contributed by atoms with E-state index in [2.05, 4.69) is 18.9 Å². The molecule has 0 aliphatic carbocycles. The van der Waals surface area contributed by atoms with Crippen LogP contribution in [0.1, 0.15) is 30.7 Å². The minimum absolute atomic E-state index is 0.0757. The zero-order valence-electron chi connectivity index (χ0n) is 11.4. The molecule has 3 heteroatoms. The highest BCUT2D eigenvalue weighted by atomic mass is 16.1. The first kappa shape index (κ1) is 12.7. The minimum atomic E-state index is 0.0757. The molecule has 3 nitrogen and oxygen atoms in total. The van der Waals surface area contributed by atoms with Crippen molar-refractivity contribution < 1.29 is 0 Å². The predicted octanol–water partition coefficient (Wildman–Crippen LogP) is 2.98. The Labute approximate surface area is 107 Å². The van der Waals surface area contributed by atoms with Gasteiger partial charge in [0.2, 0.25) is 0 Å². The molecular formula is C15H20N2O. The average molecular weight is 244 g/mol. The normalized spacial score (nSPS) is 11.2. The second-order valence-electron chi connectivity index (χ2n) is 5.29. The Balaban J connectivity index is 2.51. The SMILES string of the molecule is Cc1cccc(-n2[nH]c(C)c(CC(C)C)c2=O)c1.